The van der Waals surface area contributed by atoms with Crippen LogP contribution in [0.15, 0.2) is 181 Å². The smallest absolute Gasteiger partial charge is 0.336 e. The fraction of sp³-hybridized carbons (Fsp3) is 0. The topological polar surface area (TPSA) is 81.1 Å². The SMILES string of the molecule is O=C(O)C(=C/c1ccc(N(c2ccccc2)c2ccccc2)cc1)/C(=C\c1ccc(N(c2ccccc2)c2ccccc2)cc1)C(=O)O. The molecular weight excluding hydrogens is 596 g/mol. The highest BCUT2D eigenvalue weighted by molar-refractivity contribution is 6.11. The van der Waals surface area contributed by atoms with Crippen LogP contribution in [0.4, 0.5) is 34.1 Å². The Kier molecular flexibility index (Phi) is 9.54. The van der Waals surface area contributed by atoms with Gasteiger partial charge in [-0.25, -0.2) is 9.59 Å². The lowest BCUT2D eigenvalue weighted by Gasteiger charge is -2.25. The van der Waals surface area contributed by atoms with Crippen LogP contribution in [0, 0.1) is 0 Å². The summed E-state index contributed by atoms with van der Waals surface area (Å²) in [6.07, 6.45) is 2.78. The largest absolute Gasteiger partial charge is 0.478 e. The summed E-state index contributed by atoms with van der Waals surface area (Å²) < 4.78 is 0. The average Bonchev–Trinajstić information content (AvgIpc) is 3.13. The van der Waals surface area contributed by atoms with Crippen LogP contribution in [-0.4, -0.2) is 22.2 Å². The quantitative estimate of drug-likeness (QED) is 0.110. The molecule has 0 aliphatic rings. The molecule has 6 rings (SSSR count). The molecule has 0 spiro atoms. The van der Waals surface area contributed by atoms with E-state index in [1.807, 2.05) is 146 Å². The number of para-hydroxylation sites is 4. The minimum absolute atomic E-state index is 0.322. The first-order valence-electron chi connectivity index (χ1n) is 15.4. The minimum Gasteiger partial charge on any atom is -0.478 e. The van der Waals surface area contributed by atoms with E-state index < -0.39 is 11.9 Å². The summed E-state index contributed by atoms with van der Waals surface area (Å²) in [6.45, 7) is 0. The van der Waals surface area contributed by atoms with Crippen molar-refractivity contribution in [3.05, 3.63) is 192 Å². The van der Waals surface area contributed by atoms with Crippen molar-refractivity contribution in [2.75, 3.05) is 9.80 Å². The zero-order valence-electron chi connectivity index (χ0n) is 25.9. The standard InChI is InChI=1S/C42H32N2O4/c45-41(46)39(29-31-21-25-37(26-22-31)43(33-13-5-1-6-14-33)34-15-7-2-8-16-34)40(42(47)48)30-32-23-27-38(28-24-32)44(35-17-9-3-10-18-35)36-19-11-4-12-20-36/h1-30H,(H,45,46)(H,47,48)/b39-29+,40-30+. The fourth-order valence-electron chi connectivity index (χ4n) is 5.48. The highest BCUT2D eigenvalue weighted by Gasteiger charge is 2.21. The number of aliphatic carboxylic acids is 2. The van der Waals surface area contributed by atoms with Gasteiger partial charge in [-0.2, -0.15) is 0 Å². The van der Waals surface area contributed by atoms with Crippen molar-refractivity contribution in [2.24, 2.45) is 0 Å². The number of carbonyl (C=O) groups is 2. The minimum atomic E-state index is -1.33. The molecule has 2 N–H and O–H groups in total. The van der Waals surface area contributed by atoms with Crippen molar-refractivity contribution < 1.29 is 19.8 Å². The molecule has 0 aliphatic carbocycles. The monoisotopic (exact) mass is 628 g/mol. The summed E-state index contributed by atoms with van der Waals surface area (Å²) in [5, 5.41) is 20.3. The molecule has 48 heavy (non-hydrogen) atoms. The number of hydrogen-bond donors (Lipinski definition) is 2. The lowest BCUT2D eigenvalue weighted by molar-refractivity contribution is -0.136. The van der Waals surface area contributed by atoms with Gasteiger partial charge in [0, 0.05) is 34.1 Å². The van der Waals surface area contributed by atoms with Crippen LogP contribution in [-0.2, 0) is 9.59 Å². The van der Waals surface area contributed by atoms with E-state index in [1.165, 1.54) is 12.2 Å². The highest BCUT2D eigenvalue weighted by Crippen LogP contribution is 2.36. The zero-order valence-corrected chi connectivity index (χ0v) is 25.9. The van der Waals surface area contributed by atoms with Gasteiger partial charge in [0.05, 0.1) is 11.1 Å². The second-order valence-electron chi connectivity index (χ2n) is 10.9. The van der Waals surface area contributed by atoms with E-state index in [-0.39, 0.29) is 11.1 Å². The number of nitrogens with zero attached hydrogens (tertiary/aromatic N) is 2. The Morgan fingerprint density at radius 3 is 0.812 bits per heavy atom. The van der Waals surface area contributed by atoms with Gasteiger partial charge in [-0.05, 0) is 96.1 Å². The predicted molar refractivity (Wildman–Crippen MR) is 193 cm³/mol. The first kappa shape index (κ1) is 31.3. The molecule has 0 radical (unpaired) electrons. The molecular formula is C42H32N2O4. The summed E-state index contributed by atoms with van der Waals surface area (Å²) >= 11 is 0. The fourth-order valence-corrected chi connectivity index (χ4v) is 5.48. The summed E-state index contributed by atoms with van der Waals surface area (Å²) in [4.78, 5) is 29.1. The molecule has 0 atom stereocenters. The Bertz CT molecular complexity index is 1810. The van der Waals surface area contributed by atoms with Gasteiger partial charge in [-0.3, -0.25) is 0 Å². The lowest BCUT2D eigenvalue weighted by atomic mass is 9.99. The Morgan fingerprint density at radius 1 is 0.354 bits per heavy atom. The van der Waals surface area contributed by atoms with Crippen molar-refractivity contribution in [3.63, 3.8) is 0 Å². The van der Waals surface area contributed by atoms with Crippen molar-refractivity contribution in [2.45, 2.75) is 0 Å². The summed E-state index contributed by atoms with van der Waals surface area (Å²) in [6, 6.07) is 54.4. The third-order valence-corrected chi connectivity index (χ3v) is 7.73. The molecule has 0 saturated heterocycles. The summed E-state index contributed by atoms with van der Waals surface area (Å²) in [5.74, 6) is -2.67. The van der Waals surface area contributed by atoms with Crippen molar-refractivity contribution >= 4 is 58.2 Å². The molecule has 0 saturated carbocycles. The number of carboxylic acids is 2. The van der Waals surface area contributed by atoms with Crippen LogP contribution >= 0.6 is 0 Å². The second kappa shape index (κ2) is 14.6. The molecule has 6 heteroatoms. The second-order valence-corrected chi connectivity index (χ2v) is 10.9. The number of anilines is 6. The van der Waals surface area contributed by atoms with Crippen LogP contribution in [0.25, 0.3) is 12.2 Å². The van der Waals surface area contributed by atoms with Crippen molar-refractivity contribution in [3.8, 4) is 0 Å². The summed E-state index contributed by atoms with van der Waals surface area (Å²) in [7, 11) is 0. The maximum absolute atomic E-state index is 12.5. The molecule has 0 unspecified atom stereocenters. The highest BCUT2D eigenvalue weighted by atomic mass is 16.4. The van der Waals surface area contributed by atoms with Crippen LogP contribution < -0.4 is 9.80 Å². The molecule has 0 heterocycles. The third-order valence-electron chi connectivity index (χ3n) is 7.73. The van der Waals surface area contributed by atoms with E-state index in [1.54, 1.807) is 24.3 Å². The number of benzene rings is 6. The average molecular weight is 629 g/mol. The Hall–Kier alpha value is -6.66. The van der Waals surface area contributed by atoms with Gasteiger partial charge in [-0.1, -0.05) is 97.1 Å². The molecule has 234 valence electrons. The van der Waals surface area contributed by atoms with Gasteiger partial charge in [0.1, 0.15) is 0 Å². The summed E-state index contributed by atoms with van der Waals surface area (Å²) in [5.41, 5.74) is 6.09. The lowest BCUT2D eigenvalue weighted by Crippen LogP contribution is -2.12. The molecule has 6 aromatic carbocycles. The van der Waals surface area contributed by atoms with Crippen molar-refractivity contribution in [1.82, 2.24) is 0 Å². The molecule has 0 aromatic heterocycles. The van der Waals surface area contributed by atoms with Gasteiger partial charge in [0.15, 0.2) is 0 Å². The first-order chi connectivity index (χ1) is 23.5. The molecule has 0 bridgehead atoms. The predicted octanol–water partition coefficient (Wildman–Crippen LogP) is 10.3. The van der Waals surface area contributed by atoms with Crippen LogP contribution in [0.3, 0.4) is 0 Å². The molecule has 6 aromatic rings. The molecule has 0 amide bonds. The Labute approximate surface area is 279 Å². The van der Waals surface area contributed by atoms with Crippen LogP contribution in [0.1, 0.15) is 11.1 Å². The first-order valence-corrected chi connectivity index (χ1v) is 15.4. The third kappa shape index (κ3) is 7.25. The van der Waals surface area contributed by atoms with E-state index in [9.17, 15) is 19.8 Å². The van der Waals surface area contributed by atoms with Gasteiger partial charge >= 0.3 is 11.9 Å². The van der Waals surface area contributed by atoms with E-state index in [2.05, 4.69) is 9.80 Å². The number of carboxylic acid groups (broad SMARTS) is 2. The molecule has 0 fully saturated rings. The zero-order chi connectivity index (χ0) is 33.3. The number of rotatable bonds is 11. The van der Waals surface area contributed by atoms with Crippen molar-refractivity contribution in [1.29, 1.82) is 0 Å². The maximum atomic E-state index is 12.5. The Balaban J connectivity index is 1.32. The normalized spacial score (nSPS) is 11.5. The van der Waals surface area contributed by atoms with Gasteiger partial charge in [0.2, 0.25) is 0 Å². The molecule has 0 aliphatic heterocycles. The van der Waals surface area contributed by atoms with Crippen LogP contribution in [0.5, 0.6) is 0 Å². The van der Waals surface area contributed by atoms with Crippen LogP contribution in [0.2, 0.25) is 0 Å². The van der Waals surface area contributed by atoms with E-state index >= 15 is 0 Å². The van der Waals surface area contributed by atoms with E-state index in [0.717, 1.165) is 34.1 Å². The van der Waals surface area contributed by atoms with E-state index in [0.29, 0.717) is 11.1 Å². The van der Waals surface area contributed by atoms with Gasteiger partial charge < -0.3 is 20.0 Å². The van der Waals surface area contributed by atoms with E-state index in [4.69, 9.17) is 0 Å². The number of hydrogen-bond acceptors (Lipinski definition) is 4. The van der Waals surface area contributed by atoms with Gasteiger partial charge in [0.25, 0.3) is 0 Å². The van der Waals surface area contributed by atoms with Gasteiger partial charge in [-0.15, -0.1) is 0 Å². The maximum Gasteiger partial charge on any atom is 0.336 e. The Morgan fingerprint density at radius 2 is 0.583 bits per heavy atom. The molecule has 6 nitrogen and oxygen atoms in total.